The second-order valence-electron chi connectivity index (χ2n) is 7.25. The van der Waals surface area contributed by atoms with Crippen molar-refractivity contribution in [2.45, 2.75) is 20.8 Å². The molecular formula is C24H21N3OS2. The number of amides is 1. The number of hydrogen-bond acceptors (Lipinski definition) is 4. The zero-order valence-corrected chi connectivity index (χ0v) is 18.6. The van der Waals surface area contributed by atoms with Crippen molar-refractivity contribution >= 4 is 50.5 Å². The highest BCUT2D eigenvalue weighted by Gasteiger charge is 2.13. The SMILES string of the molecule is Cc1cc(C)cc(C(=O)NC(=S)Nc2cccc(-c3nc4ccccc4s3)c2C)c1. The number of para-hydroxylation sites is 1. The Morgan fingerprint density at radius 2 is 1.70 bits per heavy atom. The summed E-state index contributed by atoms with van der Waals surface area (Å²) in [6.45, 7) is 5.96. The van der Waals surface area contributed by atoms with Crippen LogP contribution in [0.25, 0.3) is 20.8 Å². The summed E-state index contributed by atoms with van der Waals surface area (Å²) >= 11 is 7.06. The molecule has 4 nitrogen and oxygen atoms in total. The van der Waals surface area contributed by atoms with Crippen LogP contribution in [-0.4, -0.2) is 16.0 Å². The smallest absolute Gasteiger partial charge is 0.257 e. The number of aryl methyl sites for hydroxylation is 2. The average Bonchev–Trinajstić information content (AvgIpc) is 3.12. The minimum Gasteiger partial charge on any atom is -0.332 e. The van der Waals surface area contributed by atoms with Crippen LogP contribution < -0.4 is 10.6 Å². The number of carbonyl (C=O) groups excluding carboxylic acids is 1. The lowest BCUT2D eigenvalue weighted by molar-refractivity contribution is 0.0977. The van der Waals surface area contributed by atoms with Gasteiger partial charge >= 0.3 is 0 Å². The molecule has 6 heteroatoms. The van der Waals surface area contributed by atoms with Gasteiger partial charge in [-0.1, -0.05) is 41.5 Å². The van der Waals surface area contributed by atoms with Gasteiger partial charge in [0.05, 0.1) is 10.2 Å². The Balaban J connectivity index is 1.54. The van der Waals surface area contributed by atoms with E-state index in [1.54, 1.807) is 11.3 Å². The molecule has 0 aliphatic carbocycles. The van der Waals surface area contributed by atoms with E-state index in [0.29, 0.717) is 5.56 Å². The number of fused-ring (bicyclic) bond motifs is 1. The molecule has 0 saturated heterocycles. The summed E-state index contributed by atoms with van der Waals surface area (Å²) in [5, 5.41) is 7.16. The Kier molecular flexibility index (Phi) is 5.61. The second-order valence-corrected chi connectivity index (χ2v) is 8.69. The summed E-state index contributed by atoms with van der Waals surface area (Å²) in [4.78, 5) is 17.3. The number of thiazole rings is 1. The third-order valence-electron chi connectivity index (χ3n) is 4.82. The maximum absolute atomic E-state index is 12.6. The molecule has 0 radical (unpaired) electrons. The van der Waals surface area contributed by atoms with Crippen LogP contribution in [0, 0.1) is 20.8 Å². The van der Waals surface area contributed by atoms with E-state index in [1.807, 2.05) is 69.3 Å². The molecule has 4 aromatic rings. The molecule has 1 aromatic heterocycles. The molecule has 0 bridgehead atoms. The molecule has 0 spiro atoms. The van der Waals surface area contributed by atoms with Crippen molar-refractivity contribution in [3.63, 3.8) is 0 Å². The number of anilines is 1. The van der Waals surface area contributed by atoms with Gasteiger partial charge in [0.2, 0.25) is 0 Å². The van der Waals surface area contributed by atoms with Crippen LogP contribution in [0.4, 0.5) is 5.69 Å². The second kappa shape index (κ2) is 8.34. The molecule has 0 fully saturated rings. The van der Waals surface area contributed by atoms with Crippen LogP contribution in [-0.2, 0) is 0 Å². The van der Waals surface area contributed by atoms with E-state index in [4.69, 9.17) is 17.2 Å². The third kappa shape index (κ3) is 4.25. The maximum Gasteiger partial charge on any atom is 0.257 e. The predicted molar refractivity (Wildman–Crippen MR) is 129 cm³/mol. The van der Waals surface area contributed by atoms with Gasteiger partial charge in [0, 0.05) is 16.8 Å². The third-order valence-corrected chi connectivity index (χ3v) is 6.09. The number of nitrogens with zero attached hydrogens (tertiary/aromatic N) is 1. The molecule has 0 saturated carbocycles. The highest BCUT2D eigenvalue weighted by Crippen LogP contribution is 2.34. The van der Waals surface area contributed by atoms with Crippen molar-refractivity contribution in [2.24, 2.45) is 0 Å². The fraction of sp³-hybridized carbons (Fsp3) is 0.125. The predicted octanol–water partition coefficient (Wildman–Crippen LogP) is 6.02. The van der Waals surface area contributed by atoms with Gasteiger partial charge in [-0.3, -0.25) is 10.1 Å². The average molecular weight is 432 g/mol. The summed E-state index contributed by atoms with van der Waals surface area (Å²) in [6, 6.07) is 19.8. The molecule has 4 rings (SSSR count). The monoisotopic (exact) mass is 431 g/mol. The van der Waals surface area contributed by atoms with Crippen molar-refractivity contribution in [2.75, 3.05) is 5.32 Å². The van der Waals surface area contributed by atoms with Crippen LogP contribution in [0.5, 0.6) is 0 Å². The molecule has 0 aliphatic heterocycles. The zero-order chi connectivity index (χ0) is 21.3. The van der Waals surface area contributed by atoms with Crippen molar-refractivity contribution in [3.05, 3.63) is 82.9 Å². The molecule has 3 aromatic carbocycles. The van der Waals surface area contributed by atoms with Gasteiger partial charge in [-0.15, -0.1) is 11.3 Å². The van der Waals surface area contributed by atoms with Crippen LogP contribution >= 0.6 is 23.6 Å². The fourth-order valence-corrected chi connectivity index (χ4v) is 4.68. The summed E-state index contributed by atoms with van der Waals surface area (Å²) in [7, 11) is 0. The molecule has 0 aliphatic rings. The molecule has 1 amide bonds. The van der Waals surface area contributed by atoms with Gasteiger partial charge in [-0.05, 0) is 68.9 Å². The summed E-state index contributed by atoms with van der Waals surface area (Å²) in [5.74, 6) is -0.223. The number of aromatic nitrogens is 1. The quantitative estimate of drug-likeness (QED) is 0.390. The Bertz CT molecular complexity index is 1220. The number of thiocarbonyl (C=S) groups is 1. The Morgan fingerprint density at radius 1 is 0.967 bits per heavy atom. The summed E-state index contributed by atoms with van der Waals surface area (Å²) in [6.07, 6.45) is 0. The highest BCUT2D eigenvalue weighted by atomic mass is 32.1. The number of carbonyl (C=O) groups is 1. The lowest BCUT2D eigenvalue weighted by Crippen LogP contribution is -2.34. The van der Waals surface area contributed by atoms with E-state index in [1.165, 1.54) is 0 Å². The normalized spacial score (nSPS) is 10.8. The molecular weight excluding hydrogens is 410 g/mol. The van der Waals surface area contributed by atoms with E-state index in [0.717, 1.165) is 43.2 Å². The number of rotatable bonds is 3. The minimum absolute atomic E-state index is 0.223. The van der Waals surface area contributed by atoms with Gasteiger partial charge in [0.1, 0.15) is 5.01 Å². The molecule has 1 heterocycles. The van der Waals surface area contributed by atoms with Crippen molar-refractivity contribution < 1.29 is 4.79 Å². The van der Waals surface area contributed by atoms with Gasteiger partial charge < -0.3 is 5.32 Å². The van der Waals surface area contributed by atoms with Gasteiger partial charge in [0.15, 0.2) is 5.11 Å². The molecule has 0 atom stereocenters. The maximum atomic E-state index is 12.6. The largest absolute Gasteiger partial charge is 0.332 e. The number of nitrogens with one attached hydrogen (secondary N) is 2. The van der Waals surface area contributed by atoms with Crippen LogP contribution in [0.1, 0.15) is 27.0 Å². The molecule has 2 N–H and O–H groups in total. The van der Waals surface area contributed by atoms with Crippen molar-refractivity contribution in [3.8, 4) is 10.6 Å². The van der Waals surface area contributed by atoms with Gasteiger partial charge in [0.25, 0.3) is 5.91 Å². The van der Waals surface area contributed by atoms with Gasteiger partial charge in [-0.2, -0.15) is 0 Å². The minimum atomic E-state index is -0.223. The van der Waals surface area contributed by atoms with Crippen LogP contribution in [0.15, 0.2) is 60.7 Å². The topological polar surface area (TPSA) is 54.0 Å². The fourth-order valence-electron chi connectivity index (χ4n) is 3.42. The van der Waals surface area contributed by atoms with E-state index in [9.17, 15) is 4.79 Å². The van der Waals surface area contributed by atoms with Crippen LogP contribution in [0.3, 0.4) is 0 Å². The first-order valence-corrected chi connectivity index (χ1v) is 10.8. The first-order valence-electron chi connectivity index (χ1n) is 9.57. The Hall–Kier alpha value is -3.09. The zero-order valence-electron chi connectivity index (χ0n) is 16.9. The highest BCUT2D eigenvalue weighted by molar-refractivity contribution is 7.80. The summed E-state index contributed by atoms with van der Waals surface area (Å²) in [5.41, 5.74) is 6.58. The van der Waals surface area contributed by atoms with E-state index in [2.05, 4.69) is 22.8 Å². The lowest BCUT2D eigenvalue weighted by atomic mass is 10.1. The number of benzene rings is 3. The molecule has 30 heavy (non-hydrogen) atoms. The van der Waals surface area contributed by atoms with E-state index in [-0.39, 0.29) is 11.0 Å². The Labute approximate surface area is 185 Å². The summed E-state index contributed by atoms with van der Waals surface area (Å²) < 4.78 is 1.15. The first-order chi connectivity index (χ1) is 14.4. The van der Waals surface area contributed by atoms with Gasteiger partial charge in [-0.25, -0.2) is 4.98 Å². The van der Waals surface area contributed by atoms with Crippen LogP contribution in [0.2, 0.25) is 0 Å². The molecule has 150 valence electrons. The lowest BCUT2D eigenvalue weighted by Gasteiger charge is -2.14. The van der Waals surface area contributed by atoms with Crippen molar-refractivity contribution in [1.82, 2.24) is 10.3 Å². The standard InChI is InChI=1S/C24H21N3OS2/c1-14-11-15(2)13-17(12-14)22(28)27-24(29)26-19-9-6-7-18(16(19)3)23-25-20-8-4-5-10-21(20)30-23/h4-13H,1-3H3,(H2,26,27,28,29). The van der Waals surface area contributed by atoms with E-state index < -0.39 is 0 Å². The first kappa shape index (κ1) is 20.2. The number of hydrogen-bond donors (Lipinski definition) is 2. The molecule has 0 unspecified atom stereocenters. The van der Waals surface area contributed by atoms with E-state index >= 15 is 0 Å². The Morgan fingerprint density at radius 3 is 2.43 bits per heavy atom. The van der Waals surface area contributed by atoms with Crippen molar-refractivity contribution in [1.29, 1.82) is 0 Å².